The summed E-state index contributed by atoms with van der Waals surface area (Å²) in [4.78, 5) is 4.73. The lowest BCUT2D eigenvalue weighted by Crippen LogP contribution is -2.48. The lowest BCUT2D eigenvalue weighted by molar-refractivity contribution is 0.112. The van der Waals surface area contributed by atoms with E-state index in [4.69, 9.17) is 4.74 Å². The Morgan fingerprint density at radius 3 is 2.42 bits per heavy atom. The van der Waals surface area contributed by atoms with Crippen LogP contribution in [0.1, 0.15) is 23.0 Å². The molecule has 0 N–H and O–H groups in total. The Balaban J connectivity index is 1.62. The van der Waals surface area contributed by atoms with Crippen LogP contribution in [0.5, 0.6) is 5.75 Å². The number of hydrogen-bond donors (Lipinski definition) is 0. The third-order valence-corrected chi connectivity index (χ3v) is 5.64. The van der Waals surface area contributed by atoms with Gasteiger partial charge in [0.2, 0.25) is 0 Å². The van der Waals surface area contributed by atoms with Crippen molar-refractivity contribution in [1.29, 1.82) is 0 Å². The minimum atomic E-state index is -0.254. The third-order valence-electron chi connectivity index (χ3n) is 5.64. The summed E-state index contributed by atoms with van der Waals surface area (Å²) < 4.78 is 20.7. The van der Waals surface area contributed by atoms with Crippen molar-refractivity contribution in [3.63, 3.8) is 0 Å². The molecule has 162 valence electrons. The summed E-state index contributed by atoms with van der Waals surface area (Å²) in [7, 11) is 1.65. The molecule has 1 aliphatic heterocycles. The number of hydrogen-bond acceptors (Lipinski definition) is 6. The molecule has 0 spiro atoms. The molecule has 2 aromatic carbocycles. The average molecular weight is 423 g/mol. The van der Waals surface area contributed by atoms with Crippen LogP contribution >= 0.6 is 0 Å². The van der Waals surface area contributed by atoms with Gasteiger partial charge in [0, 0.05) is 32.7 Å². The number of aromatic nitrogens is 4. The van der Waals surface area contributed by atoms with Crippen molar-refractivity contribution in [2.24, 2.45) is 0 Å². The maximum atomic E-state index is 13.6. The maximum Gasteiger partial charge on any atom is 0.173 e. The first kappa shape index (κ1) is 21.1. The van der Waals surface area contributed by atoms with E-state index in [1.165, 1.54) is 12.1 Å². The molecule has 2 heterocycles. The number of rotatable bonds is 8. The molecule has 0 saturated carbocycles. The number of ether oxygens (including phenoxy) is 1. The highest BCUT2D eigenvalue weighted by Crippen LogP contribution is 2.28. The molecule has 3 aromatic rings. The van der Waals surface area contributed by atoms with Gasteiger partial charge in [-0.25, -0.2) is 9.07 Å². The van der Waals surface area contributed by atoms with E-state index in [9.17, 15) is 4.39 Å². The van der Waals surface area contributed by atoms with Gasteiger partial charge in [-0.2, -0.15) is 0 Å². The van der Waals surface area contributed by atoms with Crippen LogP contribution in [-0.4, -0.2) is 69.8 Å². The Morgan fingerprint density at radius 2 is 1.77 bits per heavy atom. The highest BCUT2D eigenvalue weighted by molar-refractivity contribution is 5.29. The summed E-state index contributed by atoms with van der Waals surface area (Å²) >= 11 is 0. The van der Waals surface area contributed by atoms with Crippen molar-refractivity contribution in [2.45, 2.75) is 12.6 Å². The highest BCUT2D eigenvalue weighted by Gasteiger charge is 2.30. The highest BCUT2D eigenvalue weighted by atomic mass is 19.1. The predicted octanol–water partition coefficient (Wildman–Crippen LogP) is 2.76. The minimum Gasteiger partial charge on any atom is -0.497 e. The quantitative estimate of drug-likeness (QED) is 0.521. The van der Waals surface area contributed by atoms with Crippen molar-refractivity contribution < 1.29 is 9.13 Å². The molecular formula is C23H27FN6O. The topological polar surface area (TPSA) is 59.3 Å². The van der Waals surface area contributed by atoms with Gasteiger partial charge in [0.25, 0.3) is 0 Å². The van der Waals surface area contributed by atoms with E-state index in [1.54, 1.807) is 7.11 Å². The number of tetrazole rings is 1. The second-order valence-corrected chi connectivity index (χ2v) is 7.62. The zero-order valence-corrected chi connectivity index (χ0v) is 17.7. The van der Waals surface area contributed by atoms with Crippen LogP contribution in [0.3, 0.4) is 0 Å². The first-order valence-electron chi connectivity index (χ1n) is 10.4. The lowest BCUT2D eigenvalue weighted by Gasteiger charge is -2.38. The molecular weight excluding hydrogens is 395 g/mol. The Kier molecular flexibility index (Phi) is 6.69. The molecule has 0 amide bonds. The standard InChI is InChI=1S/C23H27FN6O/c1-3-12-28-13-15-29(16-14-28)22(19-6-8-20(24)9-7-19)23-25-26-27-30(23)17-18-4-10-21(31-2)11-5-18/h3-11,22H,1,12-17H2,2H3. The summed E-state index contributed by atoms with van der Waals surface area (Å²) in [5, 5.41) is 12.6. The fourth-order valence-electron chi connectivity index (χ4n) is 3.98. The Labute approximate surface area is 181 Å². The van der Waals surface area contributed by atoms with Crippen LogP contribution in [0.15, 0.2) is 61.2 Å². The van der Waals surface area contributed by atoms with Gasteiger partial charge in [-0.15, -0.1) is 11.7 Å². The van der Waals surface area contributed by atoms with Crippen LogP contribution in [0.2, 0.25) is 0 Å². The van der Waals surface area contributed by atoms with Gasteiger partial charge in [-0.05, 0) is 45.8 Å². The molecule has 7 nitrogen and oxygen atoms in total. The van der Waals surface area contributed by atoms with Gasteiger partial charge < -0.3 is 4.74 Å². The summed E-state index contributed by atoms with van der Waals surface area (Å²) in [6.45, 7) is 8.86. The van der Waals surface area contributed by atoms with Crippen molar-refractivity contribution in [2.75, 3.05) is 39.8 Å². The van der Waals surface area contributed by atoms with Gasteiger partial charge in [-0.3, -0.25) is 9.80 Å². The Morgan fingerprint density at radius 1 is 1.06 bits per heavy atom. The first-order valence-corrected chi connectivity index (χ1v) is 10.4. The second-order valence-electron chi connectivity index (χ2n) is 7.62. The number of piperazine rings is 1. The van der Waals surface area contributed by atoms with Crippen LogP contribution in [0.4, 0.5) is 4.39 Å². The summed E-state index contributed by atoms with van der Waals surface area (Å²) in [5.41, 5.74) is 2.05. The van der Waals surface area contributed by atoms with E-state index < -0.39 is 0 Å². The number of halogens is 1. The molecule has 31 heavy (non-hydrogen) atoms. The van der Waals surface area contributed by atoms with Gasteiger partial charge in [-0.1, -0.05) is 30.3 Å². The van der Waals surface area contributed by atoms with Crippen LogP contribution in [-0.2, 0) is 6.54 Å². The van der Waals surface area contributed by atoms with Crippen molar-refractivity contribution >= 4 is 0 Å². The number of benzene rings is 2. The largest absolute Gasteiger partial charge is 0.497 e. The van der Waals surface area contributed by atoms with Gasteiger partial charge in [0.05, 0.1) is 19.7 Å². The lowest BCUT2D eigenvalue weighted by atomic mass is 10.0. The Bertz CT molecular complexity index is 980. The van der Waals surface area contributed by atoms with Crippen molar-refractivity contribution in [3.05, 3.63) is 84.0 Å². The fourth-order valence-corrected chi connectivity index (χ4v) is 3.98. The number of nitrogens with zero attached hydrogens (tertiary/aromatic N) is 6. The van der Waals surface area contributed by atoms with E-state index >= 15 is 0 Å². The van der Waals surface area contributed by atoms with E-state index in [0.29, 0.717) is 6.54 Å². The van der Waals surface area contributed by atoms with Crippen molar-refractivity contribution in [1.82, 2.24) is 30.0 Å². The summed E-state index contributed by atoms with van der Waals surface area (Å²) in [5.74, 6) is 1.30. The second kappa shape index (κ2) is 9.80. The normalized spacial score (nSPS) is 16.2. The van der Waals surface area contributed by atoms with Gasteiger partial charge >= 0.3 is 0 Å². The Hall–Kier alpha value is -3.10. The van der Waals surface area contributed by atoms with Gasteiger partial charge in [0.15, 0.2) is 5.82 Å². The predicted molar refractivity (Wildman–Crippen MR) is 116 cm³/mol. The summed E-state index contributed by atoms with van der Waals surface area (Å²) in [6, 6.07) is 14.3. The van der Waals surface area contributed by atoms with Gasteiger partial charge in [0.1, 0.15) is 11.6 Å². The monoisotopic (exact) mass is 422 g/mol. The molecule has 1 unspecified atom stereocenters. The van der Waals surface area contributed by atoms with E-state index in [0.717, 1.165) is 55.4 Å². The third kappa shape index (κ3) is 4.98. The van der Waals surface area contributed by atoms with Crippen LogP contribution in [0, 0.1) is 5.82 Å². The summed E-state index contributed by atoms with van der Waals surface area (Å²) in [6.07, 6.45) is 1.93. The van der Waals surface area contributed by atoms with E-state index in [1.807, 2.05) is 47.2 Å². The average Bonchev–Trinajstić information content (AvgIpc) is 3.25. The maximum absolute atomic E-state index is 13.6. The molecule has 1 fully saturated rings. The zero-order chi connectivity index (χ0) is 21.6. The molecule has 0 aliphatic carbocycles. The first-order chi connectivity index (χ1) is 15.2. The van der Waals surface area contributed by atoms with E-state index in [2.05, 4.69) is 31.9 Å². The molecule has 1 aliphatic rings. The molecule has 1 saturated heterocycles. The molecule has 0 radical (unpaired) electrons. The fraction of sp³-hybridized carbons (Fsp3) is 0.348. The molecule has 1 atom stereocenters. The smallest absolute Gasteiger partial charge is 0.173 e. The van der Waals surface area contributed by atoms with Crippen molar-refractivity contribution in [3.8, 4) is 5.75 Å². The minimum absolute atomic E-state index is 0.153. The van der Waals surface area contributed by atoms with Crippen LogP contribution < -0.4 is 4.74 Å². The molecule has 8 heteroatoms. The SMILES string of the molecule is C=CCN1CCN(C(c2ccc(F)cc2)c2nnnn2Cc2ccc(OC)cc2)CC1. The van der Waals surface area contributed by atoms with Crippen LogP contribution in [0.25, 0.3) is 0 Å². The molecule has 4 rings (SSSR count). The zero-order valence-electron chi connectivity index (χ0n) is 17.7. The molecule has 1 aromatic heterocycles. The molecule has 0 bridgehead atoms. The van der Waals surface area contributed by atoms with E-state index in [-0.39, 0.29) is 11.9 Å². The number of methoxy groups -OCH3 is 1.